The van der Waals surface area contributed by atoms with Gasteiger partial charge in [0.25, 0.3) is 0 Å². The zero-order chi connectivity index (χ0) is 18.6. The highest BCUT2D eigenvalue weighted by molar-refractivity contribution is 6.03. The smallest absolute Gasteiger partial charge is 0.340 e. The van der Waals surface area contributed by atoms with Crippen molar-refractivity contribution >= 4 is 17.7 Å². The van der Waals surface area contributed by atoms with Gasteiger partial charge >= 0.3 is 5.97 Å². The second kappa shape index (κ2) is 8.10. The van der Waals surface area contributed by atoms with E-state index in [1.807, 2.05) is 0 Å². The van der Waals surface area contributed by atoms with E-state index in [-0.39, 0.29) is 24.8 Å². The molecule has 0 spiro atoms. The van der Waals surface area contributed by atoms with Crippen molar-refractivity contribution in [1.29, 1.82) is 0 Å². The maximum atomic E-state index is 12.8. The van der Waals surface area contributed by atoms with Gasteiger partial charge in [-0.05, 0) is 40.3 Å². The highest BCUT2D eigenvalue weighted by atomic mass is 16.5. The maximum Gasteiger partial charge on any atom is 0.340 e. The number of Topliss-reactive ketones (excluding diaryl/α,β-unsaturated/α-hetero) is 1. The summed E-state index contributed by atoms with van der Waals surface area (Å²) in [5.74, 6) is -0.685. The molecular formula is C17H27N3O4. The summed E-state index contributed by atoms with van der Waals surface area (Å²) in [6.07, 6.45) is 0. The Balaban J connectivity index is 3.01. The molecule has 0 aliphatic carbocycles. The molecule has 134 valence electrons. The first-order chi connectivity index (χ1) is 11.1. The molecule has 0 aliphatic heterocycles. The highest BCUT2D eigenvalue weighted by Crippen LogP contribution is 2.21. The number of aryl methyl sites for hydroxylation is 1. The van der Waals surface area contributed by atoms with Crippen LogP contribution in [0.15, 0.2) is 0 Å². The largest absolute Gasteiger partial charge is 0.462 e. The van der Waals surface area contributed by atoms with Crippen LogP contribution in [-0.2, 0) is 9.53 Å². The highest BCUT2D eigenvalue weighted by Gasteiger charge is 2.28. The fourth-order valence-electron chi connectivity index (χ4n) is 2.41. The Bertz CT molecular complexity index is 634. The minimum atomic E-state index is -0.499. The molecule has 0 saturated carbocycles. The van der Waals surface area contributed by atoms with Crippen LogP contribution in [0.1, 0.15) is 46.0 Å². The summed E-state index contributed by atoms with van der Waals surface area (Å²) in [5, 5.41) is 0. The molecule has 1 amide bonds. The van der Waals surface area contributed by atoms with E-state index in [0.717, 1.165) is 0 Å². The van der Waals surface area contributed by atoms with Gasteiger partial charge in [-0.25, -0.2) is 4.79 Å². The van der Waals surface area contributed by atoms with Crippen LogP contribution < -0.4 is 0 Å². The predicted molar refractivity (Wildman–Crippen MR) is 91.3 cm³/mol. The standard InChI is InChI=1S/C17H27N3O4/c1-8-24-17(23)14-10(2)15(18-11(14)3)16(22)12(4)20(7)9-13(21)19(5)6/h12,18H,8-9H2,1-7H3/t12-/m1/s1. The van der Waals surface area contributed by atoms with Crippen molar-refractivity contribution in [2.75, 3.05) is 34.3 Å². The van der Waals surface area contributed by atoms with Gasteiger partial charge in [0, 0.05) is 19.8 Å². The van der Waals surface area contributed by atoms with Crippen molar-refractivity contribution in [3.05, 3.63) is 22.5 Å². The number of aromatic amines is 1. The van der Waals surface area contributed by atoms with Crippen LogP contribution in [-0.4, -0.2) is 72.8 Å². The number of esters is 1. The summed E-state index contributed by atoms with van der Waals surface area (Å²) in [5.41, 5.74) is 1.97. The topological polar surface area (TPSA) is 82.7 Å². The van der Waals surface area contributed by atoms with Crippen LogP contribution in [0.25, 0.3) is 0 Å². The number of hydrogen-bond acceptors (Lipinski definition) is 5. The molecule has 1 aromatic heterocycles. The molecule has 1 aromatic rings. The van der Waals surface area contributed by atoms with Crippen molar-refractivity contribution < 1.29 is 19.1 Å². The van der Waals surface area contributed by atoms with Crippen molar-refractivity contribution in [1.82, 2.24) is 14.8 Å². The molecule has 24 heavy (non-hydrogen) atoms. The van der Waals surface area contributed by atoms with E-state index in [2.05, 4.69) is 4.98 Å². The molecule has 0 unspecified atom stereocenters. The second-order valence-corrected chi connectivity index (χ2v) is 6.09. The average Bonchev–Trinajstić information content (AvgIpc) is 2.80. The number of aromatic nitrogens is 1. The minimum Gasteiger partial charge on any atom is -0.462 e. The first-order valence-corrected chi connectivity index (χ1v) is 7.92. The third-order valence-corrected chi connectivity index (χ3v) is 4.09. The Morgan fingerprint density at radius 1 is 1.17 bits per heavy atom. The number of amides is 1. The van der Waals surface area contributed by atoms with E-state index in [9.17, 15) is 14.4 Å². The van der Waals surface area contributed by atoms with Crippen molar-refractivity contribution in [3.8, 4) is 0 Å². The number of ketones is 1. The first-order valence-electron chi connectivity index (χ1n) is 7.92. The van der Waals surface area contributed by atoms with Gasteiger partial charge in [-0.15, -0.1) is 0 Å². The fourth-order valence-corrected chi connectivity index (χ4v) is 2.41. The Morgan fingerprint density at radius 3 is 2.25 bits per heavy atom. The summed E-state index contributed by atoms with van der Waals surface area (Å²) in [6.45, 7) is 7.35. The monoisotopic (exact) mass is 337 g/mol. The van der Waals surface area contributed by atoms with Crippen LogP contribution in [0.3, 0.4) is 0 Å². The molecule has 0 saturated heterocycles. The Labute approximate surface area is 143 Å². The molecule has 7 heteroatoms. The van der Waals surface area contributed by atoms with Crippen LogP contribution in [0.4, 0.5) is 0 Å². The molecule has 1 heterocycles. The van der Waals surface area contributed by atoms with E-state index < -0.39 is 12.0 Å². The van der Waals surface area contributed by atoms with E-state index in [1.165, 1.54) is 4.90 Å². The second-order valence-electron chi connectivity index (χ2n) is 6.09. The molecule has 0 aliphatic rings. The summed E-state index contributed by atoms with van der Waals surface area (Å²) >= 11 is 0. The van der Waals surface area contributed by atoms with Gasteiger partial charge in [0.15, 0.2) is 5.78 Å². The van der Waals surface area contributed by atoms with Crippen molar-refractivity contribution in [2.45, 2.75) is 33.7 Å². The number of nitrogens with zero attached hydrogens (tertiary/aromatic N) is 2. The van der Waals surface area contributed by atoms with Crippen LogP contribution in [0.5, 0.6) is 0 Å². The fraction of sp³-hybridized carbons (Fsp3) is 0.588. The molecule has 0 bridgehead atoms. The molecular weight excluding hydrogens is 310 g/mol. The Hall–Kier alpha value is -2.15. The lowest BCUT2D eigenvalue weighted by Crippen LogP contribution is -2.42. The molecule has 1 atom stereocenters. The maximum absolute atomic E-state index is 12.8. The number of hydrogen-bond donors (Lipinski definition) is 1. The lowest BCUT2D eigenvalue weighted by atomic mass is 10.0. The predicted octanol–water partition coefficient (Wildman–Crippen LogP) is 1.40. The van der Waals surface area contributed by atoms with E-state index >= 15 is 0 Å². The number of ether oxygens (including phenoxy) is 1. The summed E-state index contributed by atoms with van der Waals surface area (Å²) < 4.78 is 5.04. The number of rotatable bonds is 7. The third kappa shape index (κ3) is 4.23. The average molecular weight is 337 g/mol. The molecule has 0 fully saturated rings. The van der Waals surface area contributed by atoms with Gasteiger partial charge in [0.2, 0.25) is 5.91 Å². The van der Waals surface area contributed by atoms with Gasteiger partial charge in [0.1, 0.15) is 0 Å². The third-order valence-electron chi connectivity index (χ3n) is 4.09. The van der Waals surface area contributed by atoms with Crippen molar-refractivity contribution in [2.24, 2.45) is 0 Å². The SMILES string of the molecule is CCOC(=O)c1c(C)[nH]c(C(=O)[C@@H](C)N(C)CC(=O)N(C)C)c1C. The van der Waals surface area contributed by atoms with E-state index in [1.54, 1.807) is 53.7 Å². The number of carbonyl (C=O) groups excluding carboxylic acids is 3. The normalized spacial score (nSPS) is 12.2. The zero-order valence-electron chi connectivity index (χ0n) is 15.5. The van der Waals surface area contributed by atoms with Gasteiger partial charge in [0.05, 0.1) is 30.5 Å². The van der Waals surface area contributed by atoms with E-state index in [0.29, 0.717) is 22.5 Å². The van der Waals surface area contributed by atoms with E-state index in [4.69, 9.17) is 4.74 Å². The molecule has 0 radical (unpaired) electrons. The number of H-pyrrole nitrogens is 1. The van der Waals surface area contributed by atoms with Gasteiger partial charge in [-0.3, -0.25) is 14.5 Å². The Morgan fingerprint density at radius 2 is 1.75 bits per heavy atom. The van der Waals surface area contributed by atoms with Gasteiger partial charge in [-0.2, -0.15) is 0 Å². The lowest BCUT2D eigenvalue weighted by Gasteiger charge is -2.24. The van der Waals surface area contributed by atoms with Gasteiger partial charge in [-0.1, -0.05) is 0 Å². The first kappa shape index (κ1) is 19.9. The van der Waals surface area contributed by atoms with Crippen LogP contribution >= 0.6 is 0 Å². The molecule has 1 rings (SSSR count). The number of nitrogens with one attached hydrogen (secondary N) is 1. The van der Waals surface area contributed by atoms with Crippen LogP contribution in [0.2, 0.25) is 0 Å². The lowest BCUT2D eigenvalue weighted by molar-refractivity contribution is -0.129. The summed E-state index contributed by atoms with van der Waals surface area (Å²) in [6, 6.07) is -0.499. The molecule has 7 nitrogen and oxygen atoms in total. The minimum absolute atomic E-state index is 0.0799. The number of carbonyl (C=O) groups is 3. The molecule has 1 N–H and O–H groups in total. The zero-order valence-corrected chi connectivity index (χ0v) is 15.5. The number of likely N-dealkylation sites (N-methyl/N-ethyl adjacent to an activating group) is 2. The quantitative estimate of drug-likeness (QED) is 0.601. The van der Waals surface area contributed by atoms with Crippen molar-refractivity contribution in [3.63, 3.8) is 0 Å². The summed E-state index contributed by atoms with van der Waals surface area (Å²) in [4.78, 5) is 42.8. The summed E-state index contributed by atoms with van der Waals surface area (Å²) in [7, 11) is 5.07. The Kier molecular flexibility index (Phi) is 6.71. The molecule has 0 aromatic carbocycles. The van der Waals surface area contributed by atoms with Crippen LogP contribution in [0, 0.1) is 13.8 Å². The van der Waals surface area contributed by atoms with Gasteiger partial charge < -0.3 is 14.6 Å².